The van der Waals surface area contributed by atoms with Crippen LogP contribution in [0.3, 0.4) is 0 Å². The van der Waals surface area contributed by atoms with E-state index in [-0.39, 0.29) is 0 Å². The highest BCUT2D eigenvalue weighted by Crippen LogP contribution is 2.21. The zero-order chi connectivity index (χ0) is 16.4. The zero-order valence-corrected chi connectivity index (χ0v) is 16.2. The van der Waals surface area contributed by atoms with Gasteiger partial charge in [0.1, 0.15) is 6.54 Å². The van der Waals surface area contributed by atoms with E-state index in [4.69, 9.17) is 12.2 Å². The van der Waals surface area contributed by atoms with Crippen LogP contribution in [0.2, 0.25) is 0 Å². The first-order valence-corrected chi connectivity index (χ1v) is 9.32. The zero-order valence-electron chi connectivity index (χ0n) is 13.0. The Hall–Kier alpha value is -1.28. The molecule has 0 saturated carbocycles. The third kappa shape index (κ3) is 4.17. The molecule has 120 valence electrons. The minimum atomic E-state index is 0.590. The van der Waals surface area contributed by atoms with E-state index in [1.54, 1.807) is 11.3 Å². The lowest BCUT2D eigenvalue weighted by Gasteiger charge is -2.13. The number of aromatic nitrogens is 3. The van der Waals surface area contributed by atoms with Gasteiger partial charge in [-0.3, -0.25) is 5.10 Å². The molecule has 0 bridgehead atoms. The van der Waals surface area contributed by atoms with Gasteiger partial charge in [0.15, 0.2) is 12.5 Å². The van der Waals surface area contributed by atoms with Crippen molar-refractivity contribution in [3.8, 4) is 11.4 Å². The van der Waals surface area contributed by atoms with Crippen LogP contribution in [-0.4, -0.2) is 21.8 Å². The van der Waals surface area contributed by atoms with Gasteiger partial charge in [-0.1, -0.05) is 29.8 Å². The van der Waals surface area contributed by atoms with E-state index < -0.39 is 0 Å². The molecule has 1 unspecified atom stereocenters. The number of aromatic amines is 1. The maximum atomic E-state index is 5.39. The highest BCUT2D eigenvalue weighted by atomic mass is 79.9. The van der Waals surface area contributed by atoms with Gasteiger partial charge >= 0.3 is 0 Å². The standard InChI is InChI=1S/C16H17BrN4S2/c1-11-3-5-12(6-4-11)15-18-16(22)21(19-15)10-20(2)9-13-7-8-14(17)23-13/h3-8H,9-10H2,1-2H3,(H,18,19,22)/p+1. The number of hydrogen-bond acceptors (Lipinski definition) is 3. The SMILES string of the molecule is Cc1ccc(-c2nc(=S)n(C[NH+](C)Cc3ccc(Br)s3)[nH]2)cc1. The lowest BCUT2D eigenvalue weighted by Crippen LogP contribution is -3.06. The maximum absolute atomic E-state index is 5.39. The number of thiophene rings is 1. The van der Waals surface area contributed by atoms with Crippen molar-refractivity contribution in [1.82, 2.24) is 14.8 Å². The van der Waals surface area contributed by atoms with Gasteiger partial charge in [0.2, 0.25) is 4.77 Å². The van der Waals surface area contributed by atoms with E-state index in [2.05, 4.69) is 76.4 Å². The minimum Gasteiger partial charge on any atom is -0.314 e. The van der Waals surface area contributed by atoms with Crippen LogP contribution in [0.25, 0.3) is 11.4 Å². The fraction of sp³-hybridized carbons (Fsp3) is 0.250. The Morgan fingerprint density at radius 2 is 2.00 bits per heavy atom. The molecule has 0 fully saturated rings. The third-order valence-electron chi connectivity index (χ3n) is 3.54. The van der Waals surface area contributed by atoms with E-state index in [1.165, 1.54) is 19.1 Å². The summed E-state index contributed by atoms with van der Waals surface area (Å²) in [6.07, 6.45) is 0. The number of H-pyrrole nitrogens is 1. The topological polar surface area (TPSA) is 38.0 Å². The maximum Gasteiger partial charge on any atom is 0.221 e. The third-order valence-corrected chi connectivity index (χ3v) is 5.47. The molecule has 4 nitrogen and oxygen atoms in total. The fourth-order valence-corrected chi connectivity index (χ4v) is 4.17. The molecule has 2 N–H and O–H groups in total. The molecule has 3 rings (SSSR count). The van der Waals surface area contributed by atoms with Crippen molar-refractivity contribution >= 4 is 39.5 Å². The number of hydrogen-bond donors (Lipinski definition) is 2. The molecule has 0 radical (unpaired) electrons. The first-order chi connectivity index (χ1) is 11.0. The Bertz CT molecular complexity index is 848. The summed E-state index contributed by atoms with van der Waals surface area (Å²) in [7, 11) is 2.15. The molecule has 23 heavy (non-hydrogen) atoms. The van der Waals surface area contributed by atoms with Crippen molar-refractivity contribution in [2.75, 3.05) is 7.05 Å². The van der Waals surface area contributed by atoms with Gasteiger partial charge in [-0.25, -0.2) is 4.68 Å². The van der Waals surface area contributed by atoms with Crippen molar-refractivity contribution in [1.29, 1.82) is 0 Å². The second-order valence-electron chi connectivity index (χ2n) is 5.65. The van der Waals surface area contributed by atoms with Crippen LogP contribution in [0, 0.1) is 11.7 Å². The lowest BCUT2D eigenvalue weighted by atomic mass is 10.1. The molecule has 0 saturated heterocycles. The molecule has 0 amide bonds. The number of rotatable bonds is 5. The largest absolute Gasteiger partial charge is 0.314 e. The summed E-state index contributed by atoms with van der Waals surface area (Å²) in [5, 5.41) is 3.31. The van der Waals surface area contributed by atoms with Crippen molar-refractivity contribution < 1.29 is 4.90 Å². The molecule has 0 aliphatic rings. The van der Waals surface area contributed by atoms with Crippen molar-refractivity contribution in [2.24, 2.45) is 0 Å². The quantitative estimate of drug-likeness (QED) is 0.633. The van der Waals surface area contributed by atoms with Crippen LogP contribution in [-0.2, 0) is 13.2 Å². The van der Waals surface area contributed by atoms with Crippen LogP contribution in [0.5, 0.6) is 0 Å². The van der Waals surface area contributed by atoms with Crippen LogP contribution in [0.4, 0.5) is 0 Å². The van der Waals surface area contributed by atoms with Gasteiger partial charge in [-0.2, -0.15) is 4.98 Å². The Labute approximate surface area is 152 Å². The van der Waals surface area contributed by atoms with Gasteiger partial charge in [0, 0.05) is 5.56 Å². The molecule has 3 aromatic rings. The van der Waals surface area contributed by atoms with E-state index in [0.29, 0.717) is 4.77 Å². The molecule has 2 aromatic heterocycles. The molecule has 0 spiro atoms. The second-order valence-corrected chi connectivity index (χ2v) is 8.56. The highest BCUT2D eigenvalue weighted by molar-refractivity contribution is 9.11. The van der Waals surface area contributed by atoms with E-state index in [9.17, 15) is 0 Å². The first kappa shape index (κ1) is 16.6. The van der Waals surface area contributed by atoms with Gasteiger partial charge in [-0.15, -0.1) is 11.3 Å². The van der Waals surface area contributed by atoms with Crippen LogP contribution in [0.1, 0.15) is 10.4 Å². The van der Waals surface area contributed by atoms with Gasteiger partial charge in [-0.05, 0) is 47.2 Å². The summed E-state index contributed by atoms with van der Waals surface area (Å²) in [5.41, 5.74) is 2.29. The number of benzene rings is 1. The van der Waals surface area contributed by atoms with E-state index >= 15 is 0 Å². The molecule has 7 heteroatoms. The minimum absolute atomic E-state index is 0.590. The Morgan fingerprint density at radius 3 is 2.65 bits per heavy atom. The number of quaternary nitrogens is 1. The summed E-state index contributed by atoms with van der Waals surface area (Å²) in [4.78, 5) is 7.17. The van der Waals surface area contributed by atoms with Gasteiger partial charge < -0.3 is 4.90 Å². The number of nitrogens with zero attached hydrogens (tertiary/aromatic N) is 2. The first-order valence-electron chi connectivity index (χ1n) is 7.30. The van der Waals surface area contributed by atoms with E-state index in [0.717, 1.165) is 24.6 Å². The molecule has 1 aromatic carbocycles. The fourth-order valence-electron chi connectivity index (χ4n) is 2.37. The Morgan fingerprint density at radius 1 is 1.26 bits per heavy atom. The number of halogens is 1. The predicted molar refractivity (Wildman–Crippen MR) is 100 cm³/mol. The second kappa shape index (κ2) is 7.09. The molecule has 1 atom stereocenters. The summed E-state index contributed by atoms with van der Waals surface area (Å²) < 4.78 is 3.69. The van der Waals surface area contributed by atoms with Crippen molar-refractivity contribution in [3.63, 3.8) is 0 Å². The smallest absolute Gasteiger partial charge is 0.221 e. The average Bonchev–Trinajstić information content (AvgIpc) is 3.06. The molecule has 2 heterocycles. The molecular weight excluding hydrogens is 392 g/mol. The van der Waals surface area contributed by atoms with Gasteiger partial charge in [0.05, 0.1) is 15.7 Å². The van der Waals surface area contributed by atoms with Gasteiger partial charge in [0.25, 0.3) is 0 Å². The molecular formula is C16H18BrN4S2+. The Kier molecular flexibility index (Phi) is 5.11. The molecule has 0 aliphatic heterocycles. The van der Waals surface area contributed by atoms with Crippen LogP contribution in [0.15, 0.2) is 40.2 Å². The van der Waals surface area contributed by atoms with E-state index in [1.807, 2.05) is 4.68 Å². The monoisotopic (exact) mass is 409 g/mol. The summed E-state index contributed by atoms with van der Waals surface area (Å²) in [6, 6.07) is 12.5. The molecule has 0 aliphatic carbocycles. The number of aryl methyl sites for hydroxylation is 1. The summed E-state index contributed by atoms with van der Waals surface area (Å²) in [5.74, 6) is 0.821. The highest BCUT2D eigenvalue weighted by Gasteiger charge is 2.10. The normalized spacial score (nSPS) is 12.5. The van der Waals surface area contributed by atoms with Crippen molar-refractivity contribution in [3.05, 3.63) is 55.4 Å². The number of nitrogens with one attached hydrogen (secondary N) is 2. The summed E-state index contributed by atoms with van der Waals surface area (Å²) >= 11 is 10.7. The van der Waals surface area contributed by atoms with Crippen LogP contribution >= 0.6 is 39.5 Å². The average molecular weight is 410 g/mol. The van der Waals surface area contributed by atoms with Crippen molar-refractivity contribution in [2.45, 2.75) is 20.1 Å². The van der Waals surface area contributed by atoms with Crippen LogP contribution < -0.4 is 4.90 Å². The predicted octanol–water partition coefficient (Wildman–Crippen LogP) is 3.41. The Balaban J connectivity index is 1.73. The lowest BCUT2D eigenvalue weighted by molar-refractivity contribution is -0.917. The summed E-state index contributed by atoms with van der Waals surface area (Å²) in [6.45, 7) is 3.79.